The molecule has 0 spiro atoms. The van der Waals surface area contributed by atoms with Crippen molar-refractivity contribution in [1.82, 2.24) is 24.7 Å². The largest absolute Gasteiger partial charge is 0.451 e. The average molecular weight is 307 g/mol. The molecule has 8 heteroatoms. The van der Waals surface area contributed by atoms with E-state index < -0.39 is 12.0 Å². The van der Waals surface area contributed by atoms with Gasteiger partial charge in [-0.1, -0.05) is 30.3 Å². The number of aryl methyl sites for hydroxylation is 1. The van der Waals surface area contributed by atoms with Gasteiger partial charge in [-0.3, -0.25) is 5.10 Å². The molecule has 0 atom stereocenters. The number of nitrogens with zero attached hydrogens (tertiary/aromatic N) is 4. The molecule has 3 rings (SSSR count). The molecule has 22 heavy (non-hydrogen) atoms. The predicted octanol–water partition coefficient (Wildman–Crippen LogP) is 2.81. The molecule has 0 fully saturated rings. The van der Waals surface area contributed by atoms with Crippen molar-refractivity contribution in [1.29, 1.82) is 0 Å². The summed E-state index contributed by atoms with van der Waals surface area (Å²) in [5.41, 5.74) is 1.81. The molecule has 0 aliphatic rings. The summed E-state index contributed by atoms with van der Waals surface area (Å²) in [6.07, 6.45) is -2.21. The second kappa shape index (κ2) is 5.28. The normalized spacial score (nSPS) is 11.8. The van der Waals surface area contributed by atoms with E-state index in [0.29, 0.717) is 6.42 Å². The highest BCUT2D eigenvalue weighted by Gasteiger charge is 2.35. The molecule has 114 valence electrons. The zero-order valence-corrected chi connectivity index (χ0v) is 11.6. The molecular formula is C14H12F3N5. The van der Waals surface area contributed by atoms with E-state index in [1.54, 1.807) is 17.8 Å². The van der Waals surface area contributed by atoms with Gasteiger partial charge in [-0.2, -0.15) is 13.2 Å². The first-order valence-corrected chi connectivity index (χ1v) is 6.49. The van der Waals surface area contributed by atoms with Crippen LogP contribution in [0.5, 0.6) is 0 Å². The first-order chi connectivity index (χ1) is 10.4. The standard InChI is InChI=1S/C14H12F3N5/c1-22-8-10(7-9-5-3-2-4-6-9)18-12(22)11-19-13(21-20-11)14(15,16)17/h2-6,8H,7H2,1H3,(H,19,20,21). The fourth-order valence-electron chi connectivity index (χ4n) is 2.11. The summed E-state index contributed by atoms with van der Waals surface area (Å²) in [6.45, 7) is 0. The van der Waals surface area contributed by atoms with Gasteiger partial charge in [-0.05, 0) is 5.56 Å². The Kier molecular flexibility index (Phi) is 3.44. The summed E-state index contributed by atoms with van der Waals surface area (Å²) in [6, 6.07) is 9.68. The minimum atomic E-state index is -4.55. The van der Waals surface area contributed by atoms with Gasteiger partial charge in [0.25, 0.3) is 0 Å². The van der Waals surface area contributed by atoms with Crippen molar-refractivity contribution in [2.75, 3.05) is 0 Å². The molecule has 5 nitrogen and oxygen atoms in total. The highest BCUT2D eigenvalue weighted by atomic mass is 19.4. The van der Waals surface area contributed by atoms with Gasteiger partial charge in [0.15, 0.2) is 5.82 Å². The number of imidazole rings is 1. The number of aromatic amines is 1. The van der Waals surface area contributed by atoms with Gasteiger partial charge >= 0.3 is 6.18 Å². The van der Waals surface area contributed by atoms with Gasteiger partial charge in [-0.15, -0.1) is 5.10 Å². The molecule has 2 aromatic heterocycles. The van der Waals surface area contributed by atoms with Gasteiger partial charge < -0.3 is 4.57 Å². The van der Waals surface area contributed by atoms with Crippen LogP contribution in [0.4, 0.5) is 13.2 Å². The van der Waals surface area contributed by atoms with E-state index in [0.717, 1.165) is 11.3 Å². The van der Waals surface area contributed by atoms with E-state index in [9.17, 15) is 13.2 Å². The van der Waals surface area contributed by atoms with Crippen molar-refractivity contribution in [3.8, 4) is 11.6 Å². The predicted molar refractivity (Wildman–Crippen MR) is 72.8 cm³/mol. The van der Waals surface area contributed by atoms with E-state index in [1.807, 2.05) is 35.4 Å². The van der Waals surface area contributed by atoms with Gasteiger partial charge in [-0.25, -0.2) is 9.97 Å². The Morgan fingerprint density at radius 1 is 1.14 bits per heavy atom. The summed E-state index contributed by atoms with van der Waals surface area (Å²) in [7, 11) is 1.69. The SMILES string of the molecule is Cn1cc(Cc2ccccc2)nc1-c1n[nH]c(C(F)(F)F)n1. The monoisotopic (exact) mass is 307 g/mol. The summed E-state index contributed by atoms with van der Waals surface area (Å²) < 4.78 is 39.3. The fourth-order valence-corrected chi connectivity index (χ4v) is 2.11. The van der Waals surface area contributed by atoms with E-state index >= 15 is 0 Å². The number of alkyl halides is 3. The maximum absolute atomic E-state index is 12.5. The molecule has 0 aliphatic heterocycles. The van der Waals surface area contributed by atoms with Crippen molar-refractivity contribution in [2.45, 2.75) is 12.6 Å². The van der Waals surface area contributed by atoms with Crippen LogP contribution >= 0.6 is 0 Å². The maximum atomic E-state index is 12.5. The molecule has 0 radical (unpaired) electrons. The van der Waals surface area contributed by atoms with Crippen LogP contribution in [0.15, 0.2) is 36.5 Å². The summed E-state index contributed by atoms with van der Waals surface area (Å²) >= 11 is 0. The molecule has 0 bridgehead atoms. The summed E-state index contributed by atoms with van der Waals surface area (Å²) in [5, 5.41) is 5.49. The van der Waals surface area contributed by atoms with Crippen LogP contribution in [-0.4, -0.2) is 24.7 Å². The lowest BCUT2D eigenvalue weighted by molar-refractivity contribution is -0.144. The Morgan fingerprint density at radius 2 is 1.86 bits per heavy atom. The number of nitrogens with one attached hydrogen (secondary N) is 1. The first kappa shape index (κ1) is 14.3. The van der Waals surface area contributed by atoms with Gasteiger partial charge in [0.2, 0.25) is 11.6 Å². The number of benzene rings is 1. The van der Waals surface area contributed by atoms with Gasteiger partial charge in [0.1, 0.15) is 0 Å². The molecule has 1 N–H and O–H groups in total. The van der Waals surface area contributed by atoms with Crippen molar-refractivity contribution < 1.29 is 13.2 Å². The van der Waals surface area contributed by atoms with Crippen LogP contribution in [-0.2, 0) is 19.6 Å². The highest BCUT2D eigenvalue weighted by Crippen LogP contribution is 2.27. The van der Waals surface area contributed by atoms with Crippen molar-refractivity contribution in [3.05, 3.63) is 53.6 Å². The minimum absolute atomic E-state index is 0.0749. The molecule has 3 aromatic rings. The number of halogens is 3. The number of aromatic nitrogens is 5. The van der Waals surface area contributed by atoms with Crippen molar-refractivity contribution >= 4 is 0 Å². The lowest BCUT2D eigenvalue weighted by Crippen LogP contribution is -2.07. The van der Waals surface area contributed by atoms with Gasteiger partial charge in [0.05, 0.1) is 5.69 Å². The van der Waals surface area contributed by atoms with E-state index in [2.05, 4.69) is 15.1 Å². The molecule has 2 heterocycles. The number of hydrogen-bond donors (Lipinski definition) is 1. The third-order valence-electron chi connectivity index (χ3n) is 3.11. The lowest BCUT2D eigenvalue weighted by Gasteiger charge is -1.98. The Balaban J connectivity index is 1.88. The Hall–Kier alpha value is -2.64. The zero-order valence-electron chi connectivity index (χ0n) is 11.6. The second-order valence-corrected chi connectivity index (χ2v) is 4.83. The van der Waals surface area contributed by atoms with Crippen LogP contribution < -0.4 is 0 Å². The third-order valence-corrected chi connectivity index (χ3v) is 3.11. The molecular weight excluding hydrogens is 295 g/mol. The average Bonchev–Trinajstić information content (AvgIpc) is 3.06. The topological polar surface area (TPSA) is 59.4 Å². The van der Waals surface area contributed by atoms with E-state index in [-0.39, 0.29) is 11.6 Å². The quantitative estimate of drug-likeness (QED) is 0.809. The second-order valence-electron chi connectivity index (χ2n) is 4.83. The molecule has 0 amide bonds. The lowest BCUT2D eigenvalue weighted by atomic mass is 10.1. The molecule has 0 aliphatic carbocycles. The van der Waals surface area contributed by atoms with Crippen molar-refractivity contribution in [2.24, 2.45) is 7.05 Å². The molecule has 0 unspecified atom stereocenters. The van der Waals surface area contributed by atoms with Crippen LogP contribution in [0.2, 0.25) is 0 Å². The number of rotatable bonds is 3. The smallest absolute Gasteiger partial charge is 0.331 e. The Bertz CT molecular complexity index is 773. The van der Waals surface area contributed by atoms with Crippen molar-refractivity contribution in [3.63, 3.8) is 0 Å². The Labute approximate surface area is 123 Å². The number of hydrogen-bond acceptors (Lipinski definition) is 3. The van der Waals surface area contributed by atoms with Crippen LogP contribution in [0.1, 0.15) is 17.1 Å². The first-order valence-electron chi connectivity index (χ1n) is 6.49. The minimum Gasteiger partial charge on any atom is -0.331 e. The number of H-pyrrole nitrogens is 1. The van der Waals surface area contributed by atoms with Crippen LogP contribution in [0.25, 0.3) is 11.6 Å². The summed E-state index contributed by atoms with van der Waals surface area (Å²) in [5.74, 6) is -0.915. The van der Waals surface area contributed by atoms with E-state index in [1.165, 1.54) is 0 Å². The van der Waals surface area contributed by atoms with E-state index in [4.69, 9.17) is 0 Å². The van der Waals surface area contributed by atoms with Gasteiger partial charge in [0, 0.05) is 19.7 Å². The summed E-state index contributed by atoms with van der Waals surface area (Å²) in [4.78, 5) is 7.78. The molecule has 1 aromatic carbocycles. The van der Waals surface area contributed by atoms with Crippen LogP contribution in [0.3, 0.4) is 0 Å². The Morgan fingerprint density at radius 3 is 2.50 bits per heavy atom. The molecule has 0 saturated heterocycles. The molecule has 0 saturated carbocycles. The third kappa shape index (κ3) is 2.85. The fraction of sp³-hybridized carbons (Fsp3) is 0.214. The maximum Gasteiger partial charge on any atom is 0.451 e. The highest BCUT2D eigenvalue weighted by molar-refractivity contribution is 5.44. The van der Waals surface area contributed by atoms with Crippen LogP contribution in [0, 0.1) is 0 Å². The zero-order chi connectivity index (χ0) is 15.7.